The molecule has 1 fully saturated rings. The molecular weight excluding hydrogens is 412 g/mol. The minimum atomic E-state index is -0.969. The first-order valence-corrected chi connectivity index (χ1v) is 10.3. The number of nitrogens with zero attached hydrogens (tertiary/aromatic N) is 5. The fourth-order valence-corrected chi connectivity index (χ4v) is 3.77. The van der Waals surface area contributed by atoms with Crippen molar-refractivity contribution in [2.75, 3.05) is 0 Å². The second kappa shape index (κ2) is 7.33. The summed E-state index contributed by atoms with van der Waals surface area (Å²) in [6.45, 7) is 0.347. The lowest BCUT2D eigenvalue weighted by Crippen LogP contribution is -2.04. The molecule has 0 bridgehead atoms. The van der Waals surface area contributed by atoms with Gasteiger partial charge in [0.05, 0.1) is 18.0 Å². The maximum absolute atomic E-state index is 14.1. The van der Waals surface area contributed by atoms with Crippen LogP contribution in [0.25, 0.3) is 34.0 Å². The largest absolute Gasteiger partial charge is 0.359 e. The van der Waals surface area contributed by atoms with Gasteiger partial charge in [-0.2, -0.15) is 5.10 Å². The zero-order valence-electron chi connectivity index (χ0n) is 16.9. The third-order valence-electron chi connectivity index (χ3n) is 5.64. The van der Waals surface area contributed by atoms with Crippen molar-refractivity contribution >= 4 is 0 Å². The summed E-state index contributed by atoms with van der Waals surface area (Å²) in [6.07, 6.45) is 5.77. The van der Waals surface area contributed by atoms with Gasteiger partial charge in [-0.1, -0.05) is 35.5 Å². The molecule has 0 spiro atoms. The van der Waals surface area contributed by atoms with Gasteiger partial charge in [-0.25, -0.2) is 18.7 Å². The molecule has 0 N–H and O–H groups in total. The van der Waals surface area contributed by atoms with Crippen LogP contribution in [0.4, 0.5) is 8.78 Å². The summed E-state index contributed by atoms with van der Waals surface area (Å²) in [5.41, 5.74) is 4.17. The van der Waals surface area contributed by atoms with Gasteiger partial charge in [0.25, 0.3) is 0 Å². The SMILES string of the molecule is Fc1cccc(-c2nc3cnn(Cc4cc(-c5ccc(C6CC6)cc5)no4)cc-3n2)c1F. The van der Waals surface area contributed by atoms with E-state index in [1.54, 1.807) is 10.9 Å². The number of rotatable bonds is 5. The van der Waals surface area contributed by atoms with Gasteiger partial charge in [-0.15, -0.1) is 0 Å². The molecule has 32 heavy (non-hydrogen) atoms. The Labute approximate surface area is 181 Å². The number of aromatic nitrogens is 5. The molecule has 1 aliphatic carbocycles. The standard InChI is InChI=1S/C24H17F2N5O/c25-19-3-1-2-18(23(19)26)24-28-21-11-27-31(13-22(21)29-24)12-17-10-20(30-32-17)16-8-6-15(7-9-16)14-4-5-14/h1-3,6-11,13-14H,4-5,12H2. The van der Waals surface area contributed by atoms with Crippen LogP contribution in [-0.2, 0) is 6.54 Å². The molecule has 1 saturated carbocycles. The maximum Gasteiger partial charge on any atom is 0.169 e. The second-order valence-corrected chi connectivity index (χ2v) is 7.97. The lowest BCUT2D eigenvalue weighted by atomic mass is 10.1. The van der Waals surface area contributed by atoms with Crippen molar-refractivity contribution in [2.45, 2.75) is 25.3 Å². The number of hydrogen-bond donors (Lipinski definition) is 0. The fourth-order valence-electron chi connectivity index (χ4n) is 3.77. The number of fused-ring (bicyclic) bond motifs is 1. The van der Waals surface area contributed by atoms with Crippen molar-refractivity contribution in [1.82, 2.24) is 24.9 Å². The Kier molecular flexibility index (Phi) is 4.31. The van der Waals surface area contributed by atoms with Crippen LogP contribution in [0, 0.1) is 11.6 Å². The van der Waals surface area contributed by atoms with Crippen molar-refractivity contribution in [1.29, 1.82) is 0 Å². The minimum absolute atomic E-state index is 0.0142. The summed E-state index contributed by atoms with van der Waals surface area (Å²) >= 11 is 0. The zero-order valence-corrected chi connectivity index (χ0v) is 16.9. The Morgan fingerprint density at radius 1 is 0.969 bits per heavy atom. The third-order valence-corrected chi connectivity index (χ3v) is 5.64. The van der Waals surface area contributed by atoms with E-state index in [0.29, 0.717) is 29.6 Å². The summed E-state index contributed by atoms with van der Waals surface area (Å²) in [4.78, 5) is 8.61. The van der Waals surface area contributed by atoms with E-state index in [1.807, 2.05) is 6.07 Å². The molecule has 6 nitrogen and oxygen atoms in total. The molecule has 3 aliphatic rings. The highest BCUT2D eigenvalue weighted by Gasteiger charge is 2.23. The van der Waals surface area contributed by atoms with Crippen molar-refractivity contribution in [2.24, 2.45) is 0 Å². The fraction of sp³-hybridized carbons (Fsp3) is 0.167. The number of benzene rings is 2. The van der Waals surface area contributed by atoms with E-state index >= 15 is 0 Å². The van der Waals surface area contributed by atoms with Crippen LogP contribution >= 0.6 is 0 Å². The summed E-state index contributed by atoms with van der Waals surface area (Å²) in [5, 5.41) is 8.50. The van der Waals surface area contributed by atoms with Crippen LogP contribution in [0.5, 0.6) is 0 Å². The predicted molar refractivity (Wildman–Crippen MR) is 113 cm³/mol. The van der Waals surface area contributed by atoms with Crippen LogP contribution in [0.15, 0.2) is 65.4 Å². The average Bonchev–Trinajstić information content (AvgIpc) is 3.41. The molecule has 0 amide bonds. The normalized spacial score (nSPS) is 13.7. The van der Waals surface area contributed by atoms with E-state index in [1.165, 1.54) is 36.7 Å². The summed E-state index contributed by atoms with van der Waals surface area (Å²) < 4.78 is 34.8. The highest BCUT2D eigenvalue weighted by molar-refractivity contribution is 5.65. The Balaban J connectivity index is 1.24. The van der Waals surface area contributed by atoms with Crippen molar-refractivity contribution in [3.05, 3.63) is 83.9 Å². The lowest BCUT2D eigenvalue weighted by Gasteiger charge is -2.03. The highest BCUT2D eigenvalue weighted by Crippen LogP contribution is 2.40. The molecule has 6 rings (SSSR count). The quantitative estimate of drug-likeness (QED) is 0.379. The predicted octanol–water partition coefficient (Wildman–Crippen LogP) is 5.30. The Hall–Kier alpha value is -3.94. The van der Waals surface area contributed by atoms with Crippen molar-refractivity contribution < 1.29 is 13.3 Å². The number of hydrogen-bond acceptors (Lipinski definition) is 5. The first kappa shape index (κ1) is 18.8. The van der Waals surface area contributed by atoms with Gasteiger partial charge in [0.1, 0.15) is 23.6 Å². The van der Waals surface area contributed by atoms with Crippen LogP contribution < -0.4 is 0 Å². The minimum Gasteiger partial charge on any atom is -0.359 e. The molecule has 0 saturated heterocycles. The van der Waals surface area contributed by atoms with Crippen molar-refractivity contribution in [3.63, 3.8) is 0 Å². The molecule has 2 aliphatic heterocycles. The zero-order chi connectivity index (χ0) is 21.7. The molecule has 1 aromatic heterocycles. The van der Waals surface area contributed by atoms with E-state index in [4.69, 9.17) is 4.52 Å². The lowest BCUT2D eigenvalue weighted by molar-refractivity contribution is 0.372. The van der Waals surface area contributed by atoms with Gasteiger partial charge in [0.15, 0.2) is 23.2 Å². The maximum atomic E-state index is 14.1. The van der Waals surface area contributed by atoms with E-state index < -0.39 is 11.6 Å². The molecule has 0 atom stereocenters. The molecule has 3 heterocycles. The van der Waals surface area contributed by atoms with E-state index in [9.17, 15) is 8.78 Å². The van der Waals surface area contributed by atoms with Crippen LogP contribution in [0.3, 0.4) is 0 Å². The van der Waals surface area contributed by atoms with Gasteiger partial charge < -0.3 is 4.52 Å². The highest BCUT2D eigenvalue weighted by atomic mass is 19.2. The van der Waals surface area contributed by atoms with E-state index in [2.05, 4.69) is 44.5 Å². The monoisotopic (exact) mass is 429 g/mol. The van der Waals surface area contributed by atoms with E-state index in [0.717, 1.165) is 17.3 Å². The first-order valence-electron chi connectivity index (χ1n) is 10.3. The van der Waals surface area contributed by atoms with Crippen LogP contribution in [0.2, 0.25) is 0 Å². The Morgan fingerprint density at radius 2 is 1.78 bits per heavy atom. The molecule has 0 radical (unpaired) electrons. The van der Waals surface area contributed by atoms with Crippen LogP contribution in [0.1, 0.15) is 30.1 Å². The van der Waals surface area contributed by atoms with Gasteiger partial charge >= 0.3 is 0 Å². The summed E-state index contributed by atoms with van der Waals surface area (Å²) in [6, 6.07) is 14.3. The smallest absolute Gasteiger partial charge is 0.169 e. The molecular formula is C24H17F2N5O. The number of imidazole rings is 1. The second-order valence-electron chi connectivity index (χ2n) is 7.97. The van der Waals surface area contributed by atoms with Gasteiger partial charge in [-0.05, 0) is 36.5 Å². The number of halogens is 2. The third kappa shape index (κ3) is 3.43. The van der Waals surface area contributed by atoms with Crippen molar-refractivity contribution in [3.8, 4) is 34.0 Å². The Morgan fingerprint density at radius 3 is 2.59 bits per heavy atom. The summed E-state index contributed by atoms with van der Waals surface area (Å²) in [7, 11) is 0. The molecule has 3 aromatic rings. The van der Waals surface area contributed by atoms with E-state index in [-0.39, 0.29) is 11.4 Å². The topological polar surface area (TPSA) is 69.6 Å². The van der Waals surface area contributed by atoms with Gasteiger partial charge in [0.2, 0.25) is 0 Å². The molecule has 158 valence electrons. The van der Waals surface area contributed by atoms with Crippen LogP contribution in [-0.4, -0.2) is 24.9 Å². The summed E-state index contributed by atoms with van der Waals surface area (Å²) in [5.74, 6) is -0.436. The molecule has 2 aromatic carbocycles. The van der Waals surface area contributed by atoms with Gasteiger partial charge in [0, 0.05) is 11.6 Å². The first-order chi connectivity index (χ1) is 15.6. The molecule has 8 heteroatoms. The van der Waals surface area contributed by atoms with Gasteiger partial charge in [-0.3, -0.25) is 4.68 Å². The Bertz CT molecular complexity index is 1390. The average molecular weight is 429 g/mol. The molecule has 0 unspecified atom stereocenters.